The molecular formula is C19H16N2O2. The predicted octanol–water partition coefficient (Wildman–Crippen LogP) is 3.16. The van der Waals surface area contributed by atoms with Crippen LogP contribution >= 0.6 is 0 Å². The number of hydrogen-bond acceptors (Lipinski definition) is 3. The van der Waals surface area contributed by atoms with Crippen molar-refractivity contribution in [3.8, 4) is 6.07 Å². The number of rotatable bonds is 4. The van der Waals surface area contributed by atoms with Crippen LogP contribution in [0.5, 0.6) is 0 Å². The summed E-state index contributed by atoms with van der Waals surface area (Å²) in [6, 6.07) is 19.7. The number of nitrogens with one attached hydrogen (secondary N) is 1. The number of ether oxygens (including phenoxy) is 1. The van der Waals surface area contributed by atoms with Gasteiger partial charge in [-0.05, 0) is 29.7 Å². The van der Waals surface area contributed by atoms with Gasteiger partial charge in [-0.25, -0.2) is 0 Å². The van der Waals surface area contributed by atoms with Gasteiger partial charge in [0.15, 0.2) is 0 Å². The number of carbonyl (C=O) groups is 1. The maximum atomic E-state index is 12.2. The van der Waals surface area contributed by atoms with Crippen LogP contribution < -0.4 is 5.32 Å². The summed E-state index contributed by atoms with van der Waals surface area (Å²) in [5.41, 5.74) is 3.40. The SMILES string of the molecule is N#CC1=C(NC(=O)c2ccc(Cc3ccccc3)cc2)OCC1. The van der Waals surface area contributed by atoms with Gasteiger partial charge in [-0.2, -0.15) is 5.26 Å². The van der Waals surface area contributed by atoms with Crippen LogP contribution in [0.4, 0.5) is 0 Å². The Labute approximate surface area is 135 Å². The van der Waals surface area contributed by atoms with Crippen LogP contribution in [0.15, 0.2) is 66.1 Å². The molecule has 0 saturated carbocycles. The van der Waals surface area contributed by atoms with Crippen LogP contribution in [0.2, 0.25) is 0 Å². The van der Waals surface area contributed by atoms with Crippen LogP contribution in [-0.4, -0.2) is 12.5 Å². The minimum absolute atomic E-state index is 0.263. The number of hydrogen-bond donors (Lipinski definition) is 1. The predicted molar refractivity (Wildman–Crippen MR) is 86.4 cm³/mol. The van der Waals surface area contributed by atoms with Gasteiger partial charge in [-0.15, -0.1) is 0 Å². The number of nitrogens with zero attached hydrogens (tertiary/aromatic N) is 1. The van der Waals surface area contributed by atoms with Gasteiger partial charge in [0.1, 0.15) is 6.07 Å². The van der Waals surface area contributed by atoms with Crippen molar-refractivity contribution < 1.29 is 9.53 Å². The van der Waals surface area contributed by atoms with Gasteiger partial charge in [0, 0.05) is 12.0 Å². The highest BCUT2D eigenvalue weighted by Gasteiger charge is 2.18. The minimum atomic E-state index is -0.263. The van der Waals surface area contributed by atoms with E-state index in [4.69, 9.17) is 10.00 Å². The first-order chi connectivity index (χ1) is 11.3. The summed E-state index contributed by atoms with van der Waals surface area (Å²) < 4.78 is 5.28. The van der Waals surface area contributed by atoms with Gasteiger partial charge < -0.3 is 4.74 Å². The molecule has 23 heavy (non-hydrogen) atoms. The van der Waals surface area contributed by atoms with E-state index in [2.05, 4.69) is 17.4 Å². The molecule has 0 atom stereocenters. The fourth-order valence-electron chi connectivity index (χ4n) is 2.45. The second-order valence-corrected chi connectivity index (χ2v) is 5.33. The van der Waals surface area contributed by atoms with Crippen LogP contribution in [0.1, 0.15) is 27.9 Å². The highest BCUT2D eigenvalue weighted by Crippen LogP contribution is 2.17. The molecule has 4 nitrogen and oxygen atoms in total. The summed E-state index contributed by atoms with van der Waals surface area (Å²) in [6.07, 6.45) is 1.37. The molecule has 0 aliphatic carbocycles. The third kappa shape index (κ3) is 3.58. The zero-order chi connectivity index (χ0) is 16.1. The normalized spacial score (nSPS) is 13.3. The lowest BCUT2D eigenvalue weighted by Gasteiger charge is -2.07. The maximum absolute atomic E-state index is 12.2. The van der Waals surface area contributed by atoms with E-state index < -0.39 is 0 Å². The standard InChI is InChI=1S/C19H16N2O2/c20-13-17-10-11-23-19(17)21-18(22)16-8-6-15(7-9-16)12-14-4-2-1-3-5-14/h1-9H,10-12H2,(H,21,22). The Hall–Kier alpha value is -3.06. The van der Waals surface area contributed by atoms with Gasteiger partial charge >= 0.3 is 0 Å². The molecule has 0 unspecified atom stereocenters. The number of carbonyl (C=O) groups excluding carboxylic acids is 1. The Bertz CT molecular complexity index is 771. The van der Waals surface area contributed by atoms with Crippen molar-refractivity contribution in [2.45, 2.75) is 12.8 Å². The van der Waals surface area contributed by atoms with Gasteiger partial charge in [-0.3, -0.25) is 10.1 Å². The minimum Gasteiger partial charge on any atom is -0.478 e. The lowest BCUT2D eigenvalue weighted by molar-refractivity contribution is 0.0930. The first-order valence-electron chi connectivity index (χ1n) is 7.46. The molecule has 1 aliphatic heterocycles. The molecule has 0 aromatic heterocycles. The number of nitriles is 1. The summed E-state index contributed by atoms with van der Waals surface area (Å²) in [5.74, 6) is 0.0202. The van der Waals surface area contributed by atoms with E-state index in [9.17, 15) is 4.79 Å². The van der Waals surface area contributed by atoms with E-state index in [1.807, 2.05) is 36.4 Å². The molecular weight excluding hydrogens is 288 g/mol. The molecule has 4 heteroatoms. The summed E-state index contributed by atoms with van der Waals surface area (Å²) in [4.78, 5) is 12.2. The van der Waals surface area contributed by atoms with E-state index in [-0.39, 0.29) is 11.8 Å². The maximum Gasteiger partial charge on any atom is 0.257 e. The number of benzene rings is 2. The van der Waals surface area contributed by atoms with Crippen molar-refractivity contribution in [2.75, 3.05) is 6.61 Å². The van der Waals surface area contributed by atoms with Crippen LogP contribution in [-0.2, 0) is 11.2 Å². The van der Waals surface area contributed by atoms with Crippen LogP contribution in [0.3, 0.4) is 0 Å². The molecule has 3 rings (SSSR count). The van der Waals surface area contributed by atoms with E-state index in [1.54, 1.807) is 12.1 Å². The highest BCUT2D eigenvalue weighted by molar-refractivity contribution is 5.95. The van der Waals surface area contributed by atoms with Gasteiger partial charge in [0.2, 0.25) is 5.88 Å². The molecule has 1 heterocycles. The monoisotopic (exact) mass is 304 g/mol. The van der Waals surface area contributed by atoms with Crippen molar-refractivity contribution in [3.63, 3.8) is 0 Å². The zero-order valence-corrected chi connectivity index (χ0v) is 12.6. The Balaban J connectivity index is 1.67. The molecule has 1 aliphatic rings. The van der Waals surface area contributed by atoms with Crippen molar-refractivity contribution in [3.05, 3.63) is 82.7 Å². The fraction of sp³-hybridized carbons (Fsp3) is 0.158. The zero-order valence-electron chi connectivity index (χ0n) is 12.6. The largest absolute Gasteiger partial charge is 0.478 e. The molecule has 2 aromatic rings. The average Bonchev–Trinajstić information content (AvgIpc) is 3.03. The second kappa shape index (κ2) is 6.80. The van der Waals surface area contributed by atoms with E-state index in [0.717, 1.165) is 12.0 Å². The van der Waals surface area contributed by atoms with Gasteiger partial charge in [0.05, 0.1) is 12.2 Å². The molecule has 0 radical (unpaired) electrons. The quantitative estimate of drug-likeness (QED) is 0.943. The fourth-order valence-corrected chi connectivity index (χ4v) is 2.45. The summed E-state index contributed by atoms with van der Waals surface area (Å²) >= 11 is 0. The van der Waals surface area contributed by atoms with Gasteiger partial charge in [0.25, 0.3) is 5.91 Å². The molecule has 2 aromatic carbocycles. The lowest BCUT2D eigenvalue weighted by atomic mass is 10.0. The summed E-state index contributed by atoms with van der Waals surface area (Å²) in [6.45, 7) is 0.439. The van der Waals surface area contributed by atoms with Crippen molar-refractivity contribution in [2.24, 2.45) is 0 Å². The number of amides is 1. The smallest absolute Gasteiger partial charge is 0.257 e. The topological polar surface area (TPSA) is 62.1 Å². The van der Waals surface area contributed by atoms with Gasteiger partial charge in [-0.1, -0.05) is 42.5 Å². The van der Waals surface area contributed by atoms with Crippen LogP contribution in [0, 0.1) is 11.3 Å². The third-order valence-corrected chi connectivity index (χ3v) is 3.70. The Morgan fingerprint density at radius 1 is 1.09 bits per heavy atom. The molecule has 0 bridgehead atoms. The molecule has 0 fully saturated rings. The van der Waals surface area contributed by atoms with Crippen molar-refractivity contribution in [1.82, 2.24) is 5.32 Å². The van der Waals surface area contributed by atoms with Crippen molar-refractivity contribution >= 4 is 5.91 Å². The van der Waals surface area contributed by atoms with E-state index in [1.165, 1.54) is 5.56 Å². The molecule has 114 valence electrons. The lowest BCUT2D eigenvalue weighted by Crippen LogP contribution is -2.23. The molecule has 0 spiro atoms. The Morgan fingerprint density at radius 3 is 2.48 bits per heavy atom. The molecule has 1 N–H and O–H groups in total. The molecule has 1 amide bonds. The highest BCUT2D eigenvalue weighted by atomic mass is 16.5. The third-order valence-electron chi connectivity index (χ3n) is 3.70. The van der Waals surface area contributed by atoms with Crippen LogP contribution in [0.25, 0.3) is 0 Å². The average molecular weight is 304 g/mol. The van der Waals surface area contributed by atoms with E-state index >= 15 is 0 Å². The summed E-state index contributed by atoms with van der Waals surface area (Å²) in [5, 5.41) is 11.6. The Kier molecular flexibility index (Phi) is 4.39. The first kappa shape index (κ1) is 14.9. The summed E-state index contributed by atoms with van der Waals surface area (Å²) in [7, 11) is 0. The van der Waals surface area contributed by atoms with Crippen molar-refractivity contribution in [1.29, 1.82) is 5.26 Å². The Morgan fingerprint density at radius 2 is 1.78 bits per heavy atom. The second-order valence-electron chi connectivity index (χ2n) is 5.33. The molecule has 0 saturated heterocycles. The van der Waals surface area contributed by atoms with E-state index in [0.29, 0.717) is 24.2 Å². The first-order valence-corrected chi connectivity index (χ1v) is 7.46.